The molecule has 1 fully saturated rings. The third-order valence-corrected chi connectivity index (χ3v) is 7.34. The van der Waals surface area contributed by atoms with Crippen LogP contribution in [0.25, 0.3) is 11.1 Å². The highest BCUT2D eigenvalue weighted by molar-refractivity contribution is 6.06. The van der Waals surface area contributed by atoms with Crippen LogP contribution in [0.15, 0.2) is 72.9 Å². The molecule has 0 saturated carbocycles. The first kappa shape index (κ1) is 27.5. The van der Waals surface area contributed by atoms with E-state index in [1.807, 2.05) is 56.3 Å². The molecule has 41 heavy (non-hydrogen) atoms. The molecule has 0 bridgehead atoms. The molecule has 1 aliphatic heterocycles. The zero-order valence-electron chi connectivity index (χ0n) is 23.5. The molecule has 0 spiro atoms. The SMILES string of the molecule is Cc1cccc(N(C)C(=O)c2ccc(-c3cc(NC(=O)c4cc(C#N)cc(N5CCCCC5)c4)cnc3C)cc2)n1. The first-order chi connectivity index (χ1) is 19.8. The summed E-state index contributed by atoms with van der Waals surface area (Å²) in [7, 11) is 1.71. The van der Waals surface area contributed by atoms with Gasteiger partial charge in [-0.1, -0.05) is 18.2 Å². The normalized spacial score (nSPS) is 12.9. The van der Waals surface area contributed by atoms with Crippen molar-refractivity contribution in [2.75, 3.05) is 35.3 Å². The fraction of sp³-hybridized carbons (Fsp3) is 0.242. The highest BCUT2D eigenvalue weighted by Crippen LogP contribution is 2.27. The van der Waals surface area contributed by atoms with E-state index in [0.29, 0.717) is 28.2 Å². The Morgan fingerprint density at radius 1 is 0.951 bits per heavy atom. The summed E-state index contributed by atoms with van der Waals surface area (Å²) in [6.45, 7) is 5.63. The lowest BCUT2D eigenvalue weighted by Gasteiger charge is -2.29. The third kappa shape index (κ3) is 6.25. The van der Waals surface area contributed by atoms with Gasteiger partial charge in [0.05, 0.1) is 23.5 Å². The number of benzene rings is 2. The first-order valence-electron chi connectivity index (χ1n) is 13.7. The number of nitrogens with zero attached hydrogens (tertiary/aromatic N) is 5. The van der Waals surface area contributed by atoms with Crippen molar-refractivity contribution in [2.45, 2.75) is 33.1 Å². The molecule has 0 radical (unpaired) electrons. The van der Waals surface area contributed by atoms with E-state index in [0.717, 1.165) is 54.1 Å². The van der Waals surface area contributed by atoms with Crippen molar-refractivity contribution in [1.29, 1.82) is 5.26 Å². The second kappa shape index (κ2) is 12.0. The second-order valence-corrected chi connectivity index (χ2v) is 10.3. The topological polar surface area (TPSA) is 102 Å². The van der Waals surface area contributed by atoms with Gasteiger partial charge in [0.25, 0.3) is 11.8 Å². The van der Waals surface area contributed by atoms with Gasteiger partial charge in [-0.15, -0.1) is 0 Å². The van der Waals surface area contributed by atoms with Gasteiger partial charge in [-0.2, -0.15) is 5.26 Å². The molecule has 1 N–H and O–H groups in total. The fourth-order valence-electron chi connectivity index (χ4n) is 5.04. The highest BCUT2D eigenvalue weighted by Gasteiger charge is 2.17. The van der Waals surface area contributed by atoms with Crippen LogP contribution in [0.4, 0.5) is 17.2 Å². The van der Waals surface area contributed by atoms with E-state index >= 15 is 0 Å². The van der Waals surface area contributed by atoms with Crippen LogP contribution in [0.2, 0.25) is 0 Å². The predicted molar refractivity (Wildman–Crippen MR) is 161 cm³/mol. The molecule has 1 saturated heterocycles. The first-order valence-corrected chi connectivity index (χ1v) is 13.7. The van der Waals surface area contributed by atoms with Crippen LogP contribution in [0.1, 0.15) is 56.9 Å². The summed E-state index contributed by atoms with van der Waals surface area (Å²) in [5.41, 5.74) is 6.22. The molecule has 3 heterocycles. The van der Waals surface area contributed by atoms with Gasteiger partial charge < -0.3 is 10.2 Å². The van der Waals surface area contributed by atoms with Gasteiger partial charge in [0.15, 0.2) is 0 Å². The maximum Gasteiger partial charge on any atom is 0.259 e. The van der Waals surface area contributed by atoms with Crippen molar-refractivity contribution < 1.29 is 9.59 Å². The smallest absolute Gasteiger partial charge is 0.259 e. The number of rotatable bonds is 6. The Hall–Kier alpha value is -5.03. The van der Waals surface area contributed by atoms with Crippen molar-refractivity contribution in [3.05, 3.63) is 101 Å². The average molecular weight is 545 g/mol. The minimum Gasteiger partial charge on any atom is -0.371 e. The zero-order valence-corrected chi connectivity index (χ0v) is 23.5. The molecule has 2 aromatic heterocycles. The van der Waals surface area contributed by atoms with Crippen LogP contribution >= 0.6 is 0 Å². The van der Waals surface area contributed by atoms with Gasteiger partial charge in [0, 0.05) is 53.9 Å². The predicted octanol–water partition coefficient (Wildman–Crippen LogP) is 6.15. The van der Waals surface area contributed by atoms with Crippen LogP contribution in [0.5, 0.6) is 0 Å². The summed E-state index contributed by atoms with van der Waals surface area (Å²) in [5.74, 6) is 0.130. The Labute approximate surface area is 240 Å². The molecular weight excluding hydrogens is 512 g/mol. The lowest BCUT2D eigenvalue weighted by atomic mass is 10.0. The van der Waals surface area contributed by atoms with Crippen LogP contribution in [-0.2, 0) is 0 Å². The number of nitrogens with one attached hydrogen (secondary N) is 1. The molecule has 4 aromatic rings. The molecule has 0 atom stereocenters. The molecule has 1 aliphatic rings. The van der Waals surface area contributed by atoms with Crippen molar-refractivity contribution in [1.82, 2.24) is 9.97 Å². The van der Waals surface area contributed by atoms with Gasteiger partial charge in [-0.25, -0.2) is 4.98 Å². The lowest BCUT2D eigenvalue weighted by molar-refractivity contribution is 0.0990. The monoisotopic (exact) mass is 544 g/mol. The van der Waals surface area contributed by atoms with E-state index in [-0.39, 0.29) is 11.8 Å². The summed E-state index contributed by atoms with van der Waals surface area (Å²) in [6.07, 6.45) is 5.03. The molecule has 206 valence electrons. The minimum absolute atomic E-state index is 0.158. The number of aryl methyl sites for hydroxylation is 2. The minimum atomic E-state index is -0.300. The number of hydrogen-bond donors (Lipinski definition) is 1. The van der Waals surface area contributed by atoms with Gasteiger partial charge >= 0.3 is 0 Å². The number of carbonyl (C=O) groups is 2. The van der Waals surface area contributed by atoms with E-state index in [2.05, 4.69) is 26.3 Å². The van der Waals surface area contributed by atoms with Crippen molar-refractivity contribution in [2.24, 2.45) is 0 Å². The number of carbonyl (C=O) groups excluding carboxylic acids is 2. The lowest BCUT2D eigenvalue weighted by Crippen LogP contribution is -2.29. The van der Waals surface area contributed by atoms with Crippen LogP contribution < -0.4 is 15.1 Å². The largest absolute Gasteiger partial charge is 0.371 e. The molecule has 8 nitrogen and oxygen atoms in total. The zero-order chi connectivity index (χ0) is 28.9. The van der Waals surface area contributed by atoms with E-state index in [9.17, 15) is 14.9 Å². The number of pyridine rings is 2. The van der Waals surface area contributed by atoms with E-state index in [1.165, 1.54) is 11.3 Å². The van der Waals surface area contributed by atoms with Crippen molar-refractivity contribution in [3.63, 3.8) is 0 Å². The molecule has 2 amide bonds. The molecular formula is C33H32N6O2. The summed E-state index contributed by atoms with van der Waals surface area (Å²) < 4.78 is 0. The second-order valence-electron chi connectivity index (χ2n) is 10.3. The molecule has 5 rings (SSSR count). The van der Waals surface area contributed by atoms with Crippen LogP contribution in [0.3, 0.4) is 0 Å². The van der Waals surface area contributed by atoms with Crippen molar-refractivity contribution in [3.8, 4) is 17.2 Å². The summed E-state index contributed by atoms with van der Waals surface area (Å²) >= 11 is 0. The van der Waals surface area contributed by atoms with Crippen molar-refractivity contribution >= 4 is 29.0 Å². The summed E-state index contributed by atoms with van der Waals surface area (Å²) in [4.78, 5) is 39.0. The van der Waals surface area contributed by atoms with E-state index in [4.69, 9.17) is 0 Å². The van der Waals surface area contributed by atoms with Gasteiger partial charge in [-0.05, 0) is 87.2 Å². The summed E-state index contributed by atoms with van der Waals surface area (Å²) in [5, 5.41) is 12.5. The van der Waals surface area contributed by atoms with Gasteiger partial charge in [0.2, 0.25) is 0 Å². The Bertz CT molecular complexity index is 1630. The highest BCUT2D eigenvalue weighted by atomic mass is 16.2. The number of aromatic nitrogens is 2. The quantitative estimate of drug-likeness (QED) is 0.312. The number of nitriles is 1. The Morgan fingerprint density at radius 3 is 2.41 bits per heavy atom. The Kier molecular flexibility index (Phi) is 8.06. The van der Waals surface area contributed by atoms with E-state index in [1.54, 1.807) is 37.5 Å². The number of amides is 2. The molecule has 0 aliphatic carbocycles. The summed E-state index contributed by atoms with van der Waals surface area (Å²) in [6, 6.07) is 22.3. The standard InChI is InChI=1S/C33H32N6O2/c1-22-8-7-9-31(36-22)38(3)33(41)26-12-10-25(11-13-26)30-19-28(21-35-23(30)2)37-32(40)27-16-24(20-34)17-29(18-27)39-14-5-4-6-15-39/h7-13,16-19,21H,4-6,14-15H2,1-3H3,(H,37,40). The third-order valence-electron chi connectivity index (χ3n) is 7.34. The fourth-order valence-corrected chi connectivity index (χ4v) is 5.04. The van der Waals surface area contributed by atoms with Crippen LogP contribution in [-0.4, -0.2) is 41.9 Å². The molecule has 2 aromatic carbocycles. The maximum absolute atomic E-state index is 13.3. The average Bonchev–Trinajstić information content (AvgIpc) is 3.01. The number of anilines is 3. The Morgan fingerprint density at radius 2 is 1.71 bits per heavy atom. The van der Waals surface area contributed by atoms with E-state index < -0.39 is 0 Å². The van der Waals surface area contributed by atoms with Crippen LogP contribution in [0, 0.1) is 25.2 Å². The maximum atomic E-state index is 13.3. The Balaban J connectivity index is 1.34. The molecule has 0 unspecified atom stereocenters. The number of hydrogen-bond acceptors (Lipinski definition) is 6. The van der Waals surface area contributed by atoms with Gasteiger partial charge in [-0.3, -0.25) is 19.5 Å². The number of piperidine rings is 1. The molecule has 8 heteroatoms. The van der Waals surface area contributed by atoms with Gasteiger partial charge in [0.1, 0.15) is 5.82 Å².